The summed E-state index contributed by atoms with van der Waals surface area (Å²) < 4.78 is 1.71. The molecule has 0 fully saturated rings. The monoisotopic (exact) mass is 192 g/mol. The topological polar surface area (TPSA) is 70.7 Å². The van der Waals surface area contributed by atoms with Crippen molar-refractivity contribution in [2.24, 2.45) is 0 Å². The van der Waals surface area contributed by atoms with Crippen molar-refractivity contribution < 1.29 is 4.79 Å². The van der Waals surface area contributed by atoms with Crippen molar-refractivity contribution in [3.05, 3.63) is 12.4 Å². The lowest BCUT2D eigenvalue weighted by Gasteiger charge is -1.97. The van der Waals surface area contributed by atoms with Gasteiger partial charge in [0.05, 0.1) is 18.0 Å². The molecule has 0 atom stereocenters. The molecule has 0 aliphatic carbocycles. The van der Waals surface area contributed by atoms with Crippen LogP contribution in [0.4, 0.5) is 5.69 Å². The number of nitrogens with zero attached hydrogens (tertiary/aromatic N) is 3. The Morgan fingerprint density at radius 3 is 3.21 bits per heavy atom. The fraction of sp³-hybridized carbons (Fsp3) is 0.444. The van der Waals surface area contributed by atoms with Crippen LogP contribution >= 0.6 is 0 Å². The third kappa shape index (κ3) is 3.27. The highest BCUT2D eigenvalue weighted by atomic mass is 16.1. The van der Waals surface area contributed by atoms with E-state index < -0.39 is 0 Å². The number of hydrogen-bond acceptors (Lipinski definition) is 3. The molecule has 1 N–H and O–H groups in total. The van der Waals surface area contributed by atoms with E-state index in [1.807, 2.05) is 0 Å². The maximum Gasteiger partial charge on any atom is 0.221 e. The number of rotatable bonds is 4. The Labute approximate surface area is 82.3 Å². The summed E-state index contributed by atoms with van der Waals surface area (Å²) in [7, 11) is 0. The minimum atomic E-state index is -0.110. The number of hydrogen-bond donors (Lipinski definition) is 1. The molecule has 1 aromatic heterocycles. The molecule has 0 spiro atoms. The Morgan fingerprint density at radius 2 is 2.57 bits per heavy atom. The number of unbranched alkanes of at least 4 members (excludes halogenated alkanes) is 1. The molecule has 5 nitrogen and oxygen atoms in total. The fourth-order valence-corrected chi connectivity index (χ4v) is 1.07. The van der Waals surface area contributed by atoms with Crippen molar-refractivity contribution >= 4 is 11.6 Å². The van der Waals surface area contributed by atoms with Gasteiger partial charge in [-0.3, -0.25) is 9.48 Å². The molecule has 74 valence electrons. The van der Waals surface area contributed by atoms with E-state index in [1.165, 1.54) is 6.92 Å². The van der Waals surface area contributed by atoms with E-state index in [2.05, 4.69) is 16.5 Å². The highest BCUT2D eigenvalue weighted by Gasteiger charge is 1.99. The number of aromatic nitrogens is 2. The molecule has 0 saturated carbocycles. The maximum absolute atomic E-state index is 10.7. The molecular formula is C9H12N4O. The summed E-state index contributed by atoms with van der Waals surface area (Å²) >= 11 is 0. The first-order chi connectivity index (χ1) is 6.72. The van der Waals surface area contributed by atoms with Gasteiger partial charge in [-0.15, -0.1) is 0 Å². The van der Waals surface area contributed by atoms with Crippen LogP contribution in [-0.2, 0) is 11.3 Å². The van der Waals surface area contributed by atoms with Gasteiger partial charge in [0.2, 0.25) is 5.91 Å². The van der Waals surface area contributed by atoms with Gasteiger partial charge in [0.15, 0.2) is 0 Å². The molecule has 0 aromatic carbocycles. The summed E-state index contributed by atoms with van der Waals surface area (Å²) in [5.74, 6) is -0.110. The standard InChI is InChI=1S/C9H12N4O/c1-8(14)12-9-6-11-13(7-9)5-3-2-4-10/h6-7H,2-3,5H2,1H3,(H,12,14). The number of nitriles is 1. The number of carbonyl (C=O) groups is 1. The molecule has 0 saturated heterocycles. The lowest BCUT2D eigenvalue weighted by molar-refractivity contribution is -0.114. The molecule has 5 heteroatoms. The van der Waals surface area contributed by atoms with Gasteiger partial charge >= 0.3 is 0 Å². The van der Waals surface area contributed by atoms with Gasteiger partial charge in [-0.2, -0.15) is 10.4 Å². The first-order valence-electron chi connectivity index (χ1n) is 4.39. The van der Waals surface area contributed by atoms with Gasteiger partial charge < -0.3 is 5.32 Å². The van der Waals surface area contributed by atoms with Crippen LogP contribution in [0.2, 0.25) is 0 Å². The van der Waals surface area contributed by atoms with Gasteiger partial charge in [-0.1, -0.05) is 0 Å². The lowest BCUT2D eigenvalue weighted by atomic mass is 10.3. The molecule has 1 heterocycles. The Kier molecular flexibility index (Phi) is 3.68. The predicted molar refractivity (Wildman–Crippen MR) is 51.4 cm³/mol. The zero-order chi connectivity index (χ0) is 10.4. The highest BCUT2D eigenvalue weighted by Crippen LogP contribution is 2.05. The normalized spacial score (nSPS) is 9.43. The van der Waals surface area contributed by atoms with Gasteiger partial charge in [0.1, 0.15) is 0 Å². The summed E-state index contributed by atoms with van der Waals surface area (Å²) in [5, 5.41) is 15.0. The van der Waals surface area contributed by atoms with Crippen molar-refractivity contribution in [1.29, 1.82) is 5.26 Å². The van der Waals surface area contributed by atoms with E-state index in [0.29, 0.717) is 18.7 Å². The molecule has 0 unspecified atom stereocenters. The molecule has 1 amide bonds. The summed E-state index contributed by atoms with van der Waals surface area (Å²) in [4.78, 5) is 10.7. The van der Waals surface area contributed by atoms with E-state index >= 15 is 0 Å². The van der Waals surface area contributed by atoms with Gasteiger partial charge in [0, 0.05) is 26.1 Å². The van der Waals surface area contributed by atoms with Crippen LogP contribution in [0, 0.1) is 11.3 Å². The Morgan fingerprint density at radius 1 is 1.79 bits per heavy atom. The van der Waals surface area contributed by atoms with E-state index in [9.17, 15) is 4.79 Å². The second-order valence-corrected chi connectivity index (χ2v) is 2.93. The number of nitrogens with one attached hydrogen (secondary N) is 1. The van der Waals surface area contributed by atoms with Gasteiger partial charge in [-0.25, -0.2) is 0 Å². The summed E-state index contributed by atoms with van der Waals surface area (Å²) in [6.07, 6.45) is 4.64. The SMILES string of the molecule is CC(=O)Nc1cnn(CCCC#N)c1. The van der Waals surface area contributed by atoms with Gasteiger partial charge in [-0.05, 0) is 6.42 Å². The number of anilines is 1. The van der Waals surface area contributed by atoms with Crippen molar-refractivity contribution in [3.8, 4) is 6.07 Å². The Bertz CT molecular complexity index is 350. The zero-order valence-corrected chi connectivity index (χ0v) is 8.03. The third-order valence-corrected chi connectivity index (χ3v) is 1.63. The van der Waals surface area contributed by atoms with Crippen molar-refractivity contribution in [3.63, 3.8) is 0 Å². The number of carbonyl (C=O) groups excluding carboxylic acids is 1. The van der Waals surface area contributed by atoms with Crippen molar-refractivity contribution in [1.82, 2.24) is 9.78 Å². The summed E-state index contributed by atoms with van der Waals surface area (Å²) in [6, 6.07) is 2.07. The van der Waals surface area contributed by atoms with Crippen LogP contribution in [0.15, 0.2) is 12.4 Å². The first kappa shape index (κ1) is 10.3. The van der Waals surface area contributed by atoms with Crippen LogP contribution in [-0.4, -0.2) is 15.7 Å². The van der Waals surface area contributed by atoms with Gasteiger partial charge in [0.25, 0.3) is 0 Å². The van der Waals surface area contributed by atoms with E-state index in [1.54, 1.807) is 17.1 Å². The fourth-order valence-electron chi connectivity index (χ4n) is 1.07. The first-order valence-corrected chi connectivity index (χ1v) is 4.39. The van der Waals surface area contributed by atoms with E-state index in [-0.39, 0.29) is 5.91 Å². The predicted octanol–water partition coefficient (Wildman–Crippen LogP) is 1.15. The second-order valence-electron chi connectivity index (χ2n) is 2.93. The van der Waals surface area contributed by atoms with Crippen LogP contribution in [0.1, 0.15) is 19.8 Å². The van der Waals surface area contributed by atoms with E-state index in [0.717, 1.165) is 6.42 Å². The minimum absolute atomic E-state index is 0.110. The molecule has 1 aromatic rings. The quantitative estimate of drug-likeness (QED) is 0.727. The van der Waals surface area contributed by atoms with E-state index in [4.69, 9.17) is 5.26 Å². The lowest BCUT2D eigenvalue weighted by Crippen LogP contribution is -2.04. The average molecular weight is 192 g/mol. The molecule has 0 bridgehead atoms. The van der Waals surface area contributed by atoms with Crippen molar-refractivity contribution in [2.75, 3.05) is 5.32 Å². The maximum atomic E-state index is 10.7. The number of aryl methyl sites for hydroxylation is 1. The van der Waals surface area contributed by atoms with Crippen LogP contribution in [0.5, 0.6) is 0 Å². The largest absolute Gasteiger partial charge is 0.324 e. The summed E-state index contributed by atoms with van der Waals surface area (Å²) in [5.41, 5.74) is 0.689. The number of amides is 1. The molecule has 0 aliphatic rings. The second kappa shape index (κ2) is 5.02. The zero-order valence-electron chi connectivity index (χ0n) is 8.03. The molecular weight excluding hydrogens is 180 g/mol. The van der Waals surface area contributed by atoms with Crippen LogP contribution in [0.3, 0.4) is 0 Å². The average Bonchev–Trinajstić information content (AvgIpc) is 2.52. The smallest absolute Gasteiger partial charge is 0.221 e. The Balaban J connectivity index is 2.43. The summed E-state index contributed by atoms with van der Waals surface area (Å²) in [6.45, 7) is 2.15. The molecule has 0 aliphatic heterocycles. The molecule has 14 heavy (non-hydrogen) atoms. The molecule has 1 rings (SSSR count). The highest BCUT2D eigenvalue weighted by molar-refractivity contribution is 5.88. The van der Waals surface area contributed by atoms with Crippen LogP contribution in [0.25, 0.3) is 0 Å². The third-order valence-electron chi connectivity index (χ3n) is 1.63. The molecule has 0 radical (unpaired) electrons. The van der Waals surface area contributed by atoms with Crippen molar-refractivity contribution in [2.45, 2.75) is 26.3 Å². The minimum Gasteiger partial charge on any atom is -0.324 e. The Hall–Kier alpha value is -1.83. The van der Waals surface area contributed by atoms with Crippen LogP contribution < -0.4 is 5.32 Å².